The van der Waals surface area contributed by atoms with E-state index >= 15 is 0 Å². The number of nitrogens with one attached hydrogen (secondary N) is 1. The van der Waals surface area contributed by atoms with Gasteiger partial charge in [-0.3, -0.25) is 4.79 Å². The molecule has 4 nitrogen and oxygen atoms in total. The molecule has 1 rings (SSSR count). The normalized spacial score (nSPS) is 11.4. The number of benzene rings is 1. The third kappa shape index (κ3) is 12.2. The number of carboxylic acid groups (broad SMARTS) is 1. The Hall–Kier alpha value is -0.840. The molecule has 0 heterocycles. The first-order valence-electron chi connectivity index (χ1n) is 9.19. The molecule has 5 heteroatoms. The van der Waals surface area contributed by atoms with Crippen molar-refractivity contribution in [2.45, 2.75) is 77.2 Å². The molecule has 0 radical (unpaired) electrons. The Bertz CT molecular complexity index is 485. The van der Waals surface area contributed by atoms with E-state index in [1.54, 1.807) is 0 Å². The van der Waals surface area contributed by atoms with Crippen molar-refractivity contribution < 1.29 is 45.7 Å². The van der Waals surface area contributed by atoms with E-state index in [2.05, 4.69) is 12.2 Å². The summed E-state index contributed by atoms with van der Waals surface area (Å²) in [5.74, 6) is -1.15. The average molecular weight is 357 g/mol. The summed E-state index contributed by atoms with van der Waals surface area (Å²) in [7, 11) is 0. The standard InChI is InChI=1S/C20H31NO3.Na.H/c1-2-3-4-5-6-7-8-12-15-19(22)21-18(20(23)24)16-17-13-10-9-11-14-17;;/h9-11,13-14,18H,2-8,12,15-16H2,1H3,(H,21,22)(H,23,24);;/q;+1;-1/t18-;;/m0../s1. The Balaban J connectivity index is 0. The van der Waals surface area contributed by atoms with Crippen molar-refractivity contribution >= 4 is 11.9 Å². The minimum Gasteiger partial charge on any atom is -1.00 e. The van der Waals surface area contributed by atoms with E-state index in [4.69, 9.17) is 0 Å². The summed E-state index contributed by atoms with van der Waals surface area (Å²) in [6.45, 7) is 2.21. The van der Waals surface area contributed by atoms with Gasteiger partial charge in [-0.15, -0.1) is 0 Å². The second-order valence-electron chi connectivity index (χ2n) is 6.37. The number of carbonyl (C=O) groups excluding carboxylic acids is 1. The molecule has 0 aliphatic carbocycles. The first kappa shape index (κ1) is 24.2. The maximum atomic E-state index is 11.9. The molecule has 0 unspecified atom stereocenters. The molecule has 0 saturated carbocycles. The zero-order chi connectivity index (χ0) is 17.6. The predicted octanol–water partition coefficient (Wildman–Crippen LogP) is 1.45. The van der Waals surface area contributed by atoms with E-state index in [-0.39, 0.29) is 36.9 Å². The van der Waals surface area contributed by atoms with Crippen LogP contribution in [0.3, 0.4) is 0 Å². The van der Waals surface area contributed by atoms with Gasteiger partial charge in [-0.05, 0) is 12.0 Å². The zero-order valence-corrected chi connectivity index (χ0v) is 17.8. The molecular formula is C20H32NNaO3. The molecule has 1 aromatic rings. The maximum absolute atomic E-state index is 11.9. The van der Waals surface area contributed by atoms with Crippen LogP contribution in [0.2, 0.25) is 0 Å². The summed E-state index contributed by atoms with van der Waals surface area (Å²) >= 11 is 0. The topological polar surface area (TPSA) is 66.4 Å². The minimum atomic E-state index is -0.983. The number of unbranched alkanes of at least 4 members (excludes halogenated alkanes) is 7. The monoisotopic (exact) mass is 357 g/mol. The summed E-state index contributed by atoms with van der Waals surface area (Å²) in [6, 6.07) is 8.53. The van der Waals surface area contributed by atoms with Crippen LogP contribution >= 0.6 is 0 Å². The van der Waals surface area contributed by atoms with Crippen molar-refractivity contribution in [2.24, 2.45) is 0 Å². The summed E-state index contributed by atoms with van der Waals surface area (Å²) < 4.78 is 0. The van der Waals surface area contributed by atoms with Crippen LogP contribution in [-0.2, 0) is 16.0 Å². The van der Waals surface area contributed by atoms with Crippen molar-refractivity contribution in [3.8, 4) is 0 Å². The summed E-state index contributed by atoms with van der Waals surface area (Å²) in [5.41, 5.74) is 0.914. The van der Waals surface area contributed by atoms with Gasteiger partial charge in [0.25, 0.3) is 0 Å². The largest absolute Gasteiger partial charge is 1.00 e. The van der Waals surface area contributed by atoms with E-state index < -0.39 is 12.0 Å². The molecule has 0 spiro atoms. The molecule has 0 saturated heterocycles. The Labute approximate surface area is 175 Å². The van der Waals surface area contributed by atoms with Crippen molar-refractivity contribution in [2.75, 3.05) is 0 Å². The maximum Gasteiger partial charge on any atom is 1.00 e. The van der Waals surface area contributed by atoms with Crippen molar-refractivity contribution in [3.05, 3.63) is 35.9 Å². The van der Waals surface area contributed by atoms with Gasteiger partial charge in [-0.2, -0.15) is 0 Å². The second-order valence-corrected chi connectivity index (χ2v) is 6.37. The van der Waals surface area contributed by atoms with E-state index in [0.29, 0.717) is 12.8 Å². The summed E-state index contributed by atoms with van der Waals surface area (Å²) in [4.78, 5) is 23.3. The van der Waals surface area contributed by atoms with Crippen LogP contribution in [0.25, 0.3) is 0 Å². The summed E-state index contributed by atoms with van der Waals surface area (Å²) in [5, 5.41) is 11.9. The first-order valence-corrected chi connectivity index (χ1v) is 9.19. The summed E-state index contributed by atoms with van der Waals surface area (Å²) in [6.07, 6.45) is 10.1. The van der Waals surface area contributed by atoms with Gasteiger partial charge in [0.05, 0.1) is 0 Å². The van der Waals surface area contributed by atoms with Crippen LogP contribution in [0.5, 0.6) is 0 Å². The van der Waals surface area contributed by atoms with Crippen LogP contribution in [0.15, 0.2) is 30.3 Å². The van der Waals surface area contributed by atoms with Gasteiger partial charge in [0.1, 0.15) is 6.04 Å². The Morgan fingerprint density at radius 1 is 1.00 bits per heavy atom. The molecule has 0 aromatic heterocycles. The SMILES string of the molecule is CCCCCCCCCCC(=O)N[C@@H](Cc1ccccc1)C(=O)O.[H-].[Na+]. The van der Waals surface area contributed by atoms with E-state index in [0.717, 1.165) is 24.8 Å². The fourth-order valence-electron chi connectivity index (χ4n) is 2.74. The van der Waals surface area contributed by atoms with Gasteiger partial charge < -0.3 is 11.8 Å². The molecule has 1 atom stereocenters. The number of hydrogen-bond donors (Lipinski definition) is 2. The smallest absolute Gasteiger partial charge is 1.00 e. The Kier molecular flexibility index (Phi) is 14.9. The Morgan fingerprint density at radius 2 is 1.56 bits per heavy atom. The fourth-order valence-corrected chi connectivity index (χ4v) is 2.74. The van der Waals surface area contributed by atoms with Gasteiger partial charge in [0.2, 0.25) is 5.91 Å². The van der Waals surface area contributed by atoms with E-state index in [1.165, 1.54) is 32.1 Å². The number of carbonyl (C=O) groups is 2. The number of hydrogen-bond acceptors (Lipinski definition) is 2. The van der Waals surface area contributed by atoms with Crippen molar-refractivity contribution in [1.29, 1.82) is 0 Å². The molecule has 0 aliphatic heterocycles. The van der Waals surface area contributed by atoms with Crippen molar-refractivity contribution in [1.82, 2.24) is 5.32 Å². The second kappa shape index (κ2) is 15.4. The molecule has 0 aliphatic rings. The van der Waals surface area contributed by atoms with E-state index in [1.807, 2.05) is 30.3 Å². The Morgan fingerprint density at radius 3 is 2.12 bits per heavy atom. The van der Waals surface area contributed by atoms with Crippen LogP contribution in [0.1, 0.15) is 71.7 Å². The number of carboxylic acids is 1. The molecule has 25 heavy (non-hydrogen) atoms. The van der Waals surface area contributed by atoms with Crippen LogP contribution in [0.4, 0.5) is 0 Å². The van der Waals surface area contributed by atoms with Gasteiger partial charge >= 0.3 is 35.5 Å². The fraction of sp³-hybridized carbons (Fsp3) is 0.600. The number of rotatable bonds is 13. The van der Waals surface area contributed by atoms with Crippen LogP contribution < -0.4 is 34.9 Å². The number of aliphatic carboxylic acids is 1. The minimum absolute atomic E-state index is 0. The van der Waals surface area contributed by atoms with Gasteiger partial charge in [-0.1, -0.05) is 82.2 Å². The zero-order valence-electron chi connectivity index (χ0n) is 16.8. The van der Waals surface area contributed by atoms with Crippen LogP contribution in [0, 0.1) is 0 Å². The van der Waals surface area contributed by atoms with E-state index in [9.17, 15) is 14.7 Å². The molecule has 2 N–H and O–H groups in total. The molecule has 0 bridgehead atoms. The first-order chi connectivity index (χ1) is 11.6. The molecule has 1 aromatic carbocycles. The third-order valence-corrected chi connectivity index (χ3v) is 4.17. The quantitative estimate of drug-likeness (QED) is 0.415. The van der Waals surface area contributed by atoms with Gasteiger partial charge in [0, 0.05) is 12.8 Å². The molecule has 136 valence electrons. The number of amides is 1. The predicted molar refractivity (Wildman–Crippen MR) is 98.1 cm³/mol. The molecule has 0 fully saturated rings. The van der Waals surface area contributed by atoms with Gasteiger partial charge in [-0.25, -0.2) is 4.79 Å². The van der Waals surface area contributed by atoms with Gasteiger partial charge in [0.15, 0.2) is 0 Å². The molecular weight excluding hydrogens is 325 g/mol. The van der Waals surface area contributed by atoms with Crippen LogP contribution in [-0.4, -0.2) is 23.0 Å². The molecule has 1 amide bonds. The van der Waals surface area contributed by atoms with Crippen molar-refractivity contribution in [3.63, 3.8) is 0 Å². The third-order valence-electron chi connectivity index (χ3n) is 4.17. The average Bonchev–Trinajstić information content (AvgIpc) is 2.57.